The lowest BCUT2D eigenvalue weighted by Crippen LogP contribution is -2.19. The maximum atomic E-state index is 12.1. The first-order valence-corrected chi connectivity index (χ1v) is 8.87. The molecule has 1 amide bonds. The molecule has 1 aliphatic carbocycles. The lowest BCUT2D eigenvalue weighted by Gasteiger charge is -2.22. The summed E-state index contributed by atoms with van der Waals surface area (Å²) in [6.45, 7) is 1.88. The van der Waals surface area contributed by atoms with Gasteiger partial charge in [0.15, 0.2) is 0 Å². The summed E-state index contributed by atoms with van der Waals surface area (Å²) in [5, 5.41) is 13.5. The van der Waals surface area contributed by atoms with Crippen molar-refractivity contribution in [2.24, 2.45) is 5.10 Å². The minimum absolute atomic E-state index is 0.134. The molecule has 0 heterocycles. The average molecular weight is 336 g/mol. The van der Waals surface area contributed by atoms with E-state index in [1.165, 1.54) is 49.8 Å². The summed E-state index contributed by atoms with van der Waals surface area (Å²) < 4.78 is 0. The molecule has 2 aromatic rings. The Kier molecular flexibility index (Phi) is 5.49. The Morgan fingerprint density at radius 2 is 1.56 bits per heavy atom. The number of carbonyl (C=O) groups excluding carboxylic acids is 1. The molecule has 0 spiro atoms. The van der Waals surface area contributed by atoms with E-state index in [1.54, 1.807) is 12.1 Å². The fraction of sp³-hybridized carbons (Fsp3) is 0.333. The molecule has 1 fully saturated rings. The van der Waals surface area contributed by atoms with Gasteiger partial charge in [0.1, 0.15) is 5.75 Å². The molecule has 0 saturated heterocycles. The molecule has 4 nitrogen and oxygen atoms in total. The maximum Gasteiger partial charge on any atom is 0.271 e. The van der Waals surface area contributed by atoms with Crippen LogP contribution in [0.1, 0.15) is 66.4 Å². The van der Waals surface area contributed by atoms with Gasteiger partial charge in [0, 0.05) is 5.56 Å². The highest BCUT2D eigenvalue weighted by atomic mass is 16.3. The van der Waals surface area contributed by atoms with Crippen LogP contribution in [0, 0.1) is 0 Å². The second kappa shape index (κ2) is 7.97. The molecule has 0 aromatic heterocycles. The lowest BCUT2D eigenvalue weighted by molar-refractivity contribution is 0.0955. The van der Waals surface area contributed by atoms with Crippen molar-refractivity contribution in [3.8, 4) is 5.75 Å². The second-order valence-corrected chi connectivity index (χ2v) is 6.64. The molecule has 25 heavy (non-hydrogen) atoms. The van der Waals surface area contributed by atoms with Crippen LogP contribution in [0.2, 0.25) is 0 Å². The SMILES string of the molecule is CC(=NNC(=O)c1ccc(O)cc1)c1ccc(C2CCCCC2)cc1. The molecule has 0 atom stereocenters. The van der Waals surface area contributed by atoms with Gasteiger partial charge >= 0.3 is 0 Å². The standard InChI is InChI=1S/C21H24N2O2/c1-15(22-23-21(25)19-11-13-20(24)14-12-19)16-7-9-18(10-8-16)17-5-3-2-4-6-17/h7-14,17,24H,2-6H2,1H3,(H,23,25). The van der Waals surface area contributed by atoms with Crippen molar-refractivity contribution in [1.82, 2.24) is 5.43 Å². The molecule has 1 aliphatic rings. The van der Waals surface area contributed by atoms with Gasteiger partial charge in [-0.25, -0.2) is 5.43 Å². The van der Waals surface area contributed by atoms with E-state index in [9.17, 15) is 9.90 Å². The van der Waals surface area contributed by atoms with Crippen molar-refractivity contribution in [2.75, 3.05) is 0 Å². The monoisotopic (exact) mass is 336 g/mol. The molecule has 0 bridgehead atoms. The van der Waals surface area contributed by atoms with E-state index in [0.717, 1.165) is 11.3 Å². The van der Waals surface area contributed by atoms with Gasteiger partial charge in [-0.15, -0.1) is 0 Å². The van der Waals surface area contributed by atoms with E-state index in [4.69, 9.17) is 0 Å². The van der Waals surface area contributed by atoms with Crippen LogP contribution < -0.4 is 5.43 Å². The highest BCUT2D eigenvalue weighted by molar-refractivity contribution is 6.00. The second-order valence-electron chi connectivity index (χ2n) is 6.64. The molecule has 130 valence electrons. The number of benzene rings is 2. The van der Waals surface area contributed by atoms with Crippen molar-refractivity contribution in [1.29, 1.82) is 0 Å². The molecule has 0 radical (unpaired) electrons. The van der Waals surface area contributed by atoms with Gasteiger partial charge in [0.05, 0.1) is 5.71 Å². The highest BCUT2D eigenvalue weighted by Gasteiger charge is 2.15. The van der Waals surface area contributed by atoms with Gasteiger partial charge in [0.25, 0.3) is 5.91 Å². The van der Waals surface area contributed by atoms with Crippen LogP contribution in [0.25, 0.3) is 0 Å². The van der Waals surface area contributed by atoms with Gasteiger partial charge in [-0.2, -0.15) is 5.10 Å². The van der Waals surface area contributed by atoms with Crippen molar-refractivity contribution in [3.05, 3.63) is 65.2 Å². The van der Waals surface area contributed by atoms with Crippen molar-refractivity contribution in [2.45, 2.75) is 44.9 Å². The number of nitrogens with one attached hydrogen (secondary N) is 1. The first-order valence-electron chi connectivity index (χ1n) is 8.87. The Morgan fingerprint density at radius 3 is 2.20 bits per heavy atom. The number of hydrogen-bond donors (Lipinski definition) is 2. The zero-order valence-electron chi connectivity index (χ0n) is 14.5. The molecule has 2 N–H and O–H groups in total. The molecule has 2 aromatic carbocycles. The fourth-order valence-corrected chi connectivity index (χ4v) is 3.31. The van der Waals surface area contributed by atoms with Crippen LogP contribution in [-0.4, -0.2) is 16.7 Å². The molecular weight excluding hydrogens is 312 g/mol. The summed E-state index contributed by atoms with van der Waals surface area (Å²) in [6, 6.07) is 14.6. The smallest absolute Gasteiger partial charge is 0.271 e. The topological polar surface area (TPSA) is 61.7 Å². The number of rotatable bonds is 4. The third-order valence-corrected chi connectivity index (χ3v) is 4.86. The van der Waals surface area contributed by atoms with Crippen LogP contribution in [0.4, 0.5) is 0 Å². The number of carbonyl (C=O) groups is 1. The number of hydrazone groups is 1. The predicted octanol–water partition coefficient (Wildman–Crippen LogP) is 4.59. The fourth-order valence-electron chi connectivity index (χ4n) is 3.31. The summed E-state index contributed by atoms with van der Waals surface area (Å²) in [6.07, 6.45) is 6.59. The Bertz CT molecular complexity index is 742. The zero-order chi connectivity index (χ0) is 17.6. The molecular formula is C21H24N2O2. The molecule has 1 saturated carbocycles. The van der Waals surface area contributed by atoms with Crippen LogP contribution in [0.15, 0.2) is 53.6 Å². The van der Waals surface area contributed by atoms with Gasteiger partial charge < -0.3 is 5.11 Å². The first kappa shape index (κ1) is 17.2. The van der Waals surface area contributed by atoms with Crippen molar-refractivity contribution < 1.29 is 9.90 Å². The van der Waals surface area contributed by atoms with E-state index < -0.39 is 0 Å². The number of nitrogens with zero attached hydrogens (tertiary/aromatic N) is 1. The molecule has 0 aliphatic heterocycles. The maximum absolute atomic E-state index is 12.1. The predicted molar refractivity (Wildman–Crippen MR) is 100 cm³/mol. The van der Waals surface area contributed by atoms with Crippen LogP contribution in [-0.2, 0) is 0 Å². The first-order chi connectivity index (χ1) is 12.1. The minimum Gasteiger partial charge on any atom is -0.508 e. The Morgan fingerprint density at radius 1 is 0.960 bits per heavy atom. The van der Waals surface area contributed by atoms with Crippen LogP contribution in [0.3, 0.4) is 0 Å². The Hall–Kier alpha value is -2.62. The summed E-state index contributed by atoms with van der Waals surface area (Å²) in [7, 11) is 0. The van der Waals surface area contributed by atoms with Gasteiger partial charge in [-0.05, 0) is 61.1 Å². The number of aromatic hydroxyl groups is 1. The van der Waals surface area contributed by atoms with Gasteiger partial charge in [-0.1, -0.05) is 43.5 Å². The van der Waals surface area contributed by atoms with E-state index in [-0.39, 0.29) is 11.7 Å². The molecule has 0 unspecified atom stereocenters. The summed E-state index contributed by atoms with van der Waals surface area (Å²) >= 11 is 0. The third-order valence-electron chi connectivity index (χ3n) is 4.86. The number of hydrogen-bond acceptors (Lipinski definition) is 3. The van der Waals surface area contributed by atoms with Gasteiger partial charge in [0.2, 0.25) is 0 Å². The van der Waals surface area contributed by atoms with E-state index >= 15 is 0 Å². The molecule has 4 heteroatoms. The number of phenols is 1. The van der Waals surface area contributed by atoms with E-state index in [0.29, 0.717) is 11.5 Å². The van der Waals surface area contributed by atoms with Crippen molar-refractivity contribution >= 4 is 11.6 Å². The average Bonchev–Trinajstić information content (AvgIpc) is 2.67. The summed E-state index contributed by atoms with van der Waals surface area (Å²) in [5.74, 6) is 0.529. The van der Waals surface area contributed by atoms with Gasteiger partial charge in [-0.3, -0.25) is 4.79 Å². The lowest BCUT2D eigenvalue weighted by atomic mass is 9.84. The normalized spacial score (nSPS) is 15.8. The largest absolute Gasteiger partial charge is 0.508 e. The van der Waals surface area contributed by atoms with Crippen LogP contribution >= 0.6 is 0 Å². The van der Waals surface area contributed by atoms with Crippen molar-refractivity contribution in [3.63, 3.8) is 0 Å². The third kappa shape index (κ3) is 4.47. The minimum atomic E-state index is -0.293. The van der Waals surface area contributed by atoms with E-state index in [2.05, 4.69) is 34.8 Å². The Balaban J connectivity index is 1.63. The Labute approximate surface area is 148 Å². The van der Waals surface area contributed by atoms with Crippen LogP contribution in [0.5, 0.6) is 5.75 Å². The molecule has 3 rings (SSSR count). The van der Waals surface area contributed by atoms with E-state index in [1.807, 2.05) is 6.92 Å². The quantitative estimate of drug-likeness (QED) is 0.633. The number of amides is 1. The summed E-state index contributed by atoms with van der Waals surface area (Å²) in [4.78, 5) is 12.1. The highest BCUT2D eigenvalue weighted by Crippen LogP contribution is 2.32. The zero-order valence-corrected chi connectivity index (χ0v) is 14.5. The number of phenolic OH excluding ortho intramolecular Hbond substituents is 1. The summed E-state index contributed by atoms with van der Waals surface area (Å²) in [5.41, 5.74) is 6.20.